The molecular formula is C17H14ClN3. The van der Waals surface area contributed by atoms with Crippen LogP contribution in [0.3, 0.4) is 0 Å². The molecule has 2 aromatic heterocycles. The number of fused-ring (bicyclic) bond motifs is 3. The first-order valence-electron chi connectivity index (χ1n) is 6.94. The van der Waals surface area contributed by atoms with E-state index >= 15 is 0 Å². The molecule has 1 aliphatic heterocycles. The van der Waals surface area contributed by atoms with E-state index in [0.717, 1.165) is 28.5 Å². The molecular weight excluding hydrogens is 282 g/mol. The van der Waals surface area contributed by atoms with Gasteiger partial charge in [0, 0.05) is 35.2 Å². The molecule has 1 aliphatic rings. The number of pyridine rings is 1. The molecule has 4 heteroatoms. The van der Waals surface area contributed by atoms with Crippen molar-refractivity contribution in [2.24, 2.45) is 0 Å². The molecule has 0 saturated heterocycles. The van der Waals surface area contributed by atoms with Crippen molar-refractivity contribution in [2.75, 3.05) is 0 Å². The van der Waals surface area contributed by atoms with Gasteiger partial charge in [0.05, 0.1) is 17.4 Å². The van der Waals surface area contributed by atoms with Crippen molar-refractivity contribution in [1.82, 2.24) is 14.9 Å². The van der Waals surface area contributed by atoms with E-state index in [1.807, 2.05) is 36.5 Å². The molecule has 3 aromatic rings. The van der Waals surface area contributed by atoms with Crippen LogP contribution in [0.25, 0.3) is 5.69 Å². The predicted octanol–water partition coefficient (Wildman–Crippen LogP) is 3.72. The lowest BCUT2D eigenvalue weighted by Crippen LogP contribution is -2.22. The second kappa shape index (κ2) is 5.02. The quantitative estimate of drug-likeness (QED) is 0.741. The van der Waals surface area contributed by atoms with Gasteiger partial charge in [-0.1, -0.05) is 23.7 Å². The molecule has 4 rings (SSSR count). The van der Waals surface area contributed by atoms with E-state index in [-0.39, 0.29) is 6.04 Å². The average Bonchev–Trinajstić information content (AvgIpc) is 2.93. The van der Waals surface area contributed by atoms with Gasteiger partial charge in [0.25, 0.3) is 0 Å². The molecule has 0 fully saturated rings. The molecule has 1 N–H and O–H groups in total. The highest BCUT2D eigenvalue weighted by Crippen LogP contribution is 2.32. The highest BCUT2D eigenvalue weighted by molar-refractivity contribution is 6.31. The second-order valence-corrected chi connectivity index (χ2v) is 5.52. The van der Waals surface area contributed by atoms with Gasteiger partial charge in [-0.15, -0.1) is 0 Å². The van der Waals surface area contributed by atoms with Gasteiger partial charge in [-0.3, -0.25) is 10.3 Å². The van der Waals surface area contributed by atoms with Crippen LogP contribution in [-0.4, -0.2) is 9.55 Å². The molecule has 0 saturated carbocycles. The summed E-state index contributed by atoms with van der Waals surface area (Å²) in [6.45, 7) is 0.720. The summed E-state index contributed by atoms with van der Waals surface area (Å²) in [4.78, 5) is 4.50. The molecule has 0 bridgehead atoms. The molecule has 0 spiro atoms. The number of hydrogen-bond acceptors (Lipinski definition) is 2. The molecule has 1 unspecified atom stereocenters. The van der Waals surface area contributed by atoms with Crippen LogP contribution in [0.4, 0.5) is 0 Å². The first-order chi connectivity index (χ1) is 10.3. The Bertz CT molecular complexity index is 780. The Morgan fingerprint density at radius 2 is 2.05 bits per heavy atom. The number of rotatable bonds is 1. The summed E-state index contributed by atoms with van der Waals surface area (Å²) in [5, 5.41) is 4.36. The lowest BCUT2D eigenvalue weighted by molar-refractivity contribution is 0.587. The van der Waals surface area contributed by atoms with Crippen molar-refractivity contribution in [3.63, 3.8) is 0 Å². The van der Waals surface area contributed by atoms with E-state index in [4.69, 9.17) is 11.6 Å². The average molecular weight is 296 g/mol. The molecule has 0 radical (unpaired) electrons. The van der Waals surface area contributed by atoms with Crippen molar-refractivity contribution in [3.8, 4) is 5.69 Å². The Labute approximate surface area is 128 Å². The predicted molar refractivity (Wildman–Crippen MR) is 83.7 cm³/mol. The van der Waals surface area contributed by atoms with Crippen LogP contribution in [0.1, 0.15) is 23.0 Å². The van der Waals surface area contributed by atoms with E-state index in [1.165, 1.54) is 5.69 Å². The Morgan fingerprint density at radius 1 is 1.10 bits per heavy atom. The van der Waals surface area contributed by atoms with E-state index in [1.54, 1.807) is 0 Å². The molecule has 1 atom stereocenters. The van der Waals surface area contributed by atoms with E-state index < -0.39 is 0 Å². The van der Waals surface area contributed by atoms with Crippen LogP contribution < -0.4 is 5.32 Å². The lowest BCUT2D eigenvalue weighted by Gasteiger charge is -2.16. The minimum Gasteiger partial charge on any atom is -0.319 e. The first kappa shape index (κ1) is 12.6. The van der Waals surface area contributed by atoms with Crippen LogP contribution >= 0.6 is 11.6 Å². The summed E-state index contributed by atoms with van der Waals surface area (Å²) in [6, 6.07) is 16.3. The largest absolute Gasteiger partial charge is 0.319 e. The smallest absolute Gasteiger partial charge is 0.0911 e. The maximum atomic E-state index is 6.37. The van der Waals surface area contributed by atoms with Gasteiger partial charge in [-0.05, 0) is 36.4 Å². The van der Waals surface area contributed by atoms with Crippen LogP contribution in [0, 0.1) is 0 Å². The zero-order chi connectivity index (χ0) is 14.2. The number of aromatic nitrogens is 2. The Kier molecular flexibility index (Phi) is 3.02. The van der Waals surface area contributed by atoms with Gasteiger partial charge in [0.2, 0.25) is 0 Å². The topological polar surface area (TPSA) is 29.9 Å². The standard InChI is InChI=1S/C17H14ClN3/c18-13-5-3-7-15-12(13)11-20-17(14-6-1-2-9-19-14)16-8-4-10-21(15)16/h1-10,17,20H,11H2. The number of hydrogen-bond donors (Lipinski definition) is 1. The molecule has 104 valence electrons. The zero-order valence-corrected chi connectivity index (χ0v) is 12.1. The monoisotopic (exact) mass is 295 g/mol. The summed E-state index contributed by atoms with van der Waals surface area (Å²) in [5.74, 6) is 0. The Balaban J connectivity index is 1.90. The fourth-order valence-corrected chi connectivity index (χ4v) is 3.14. The molecule has 0 amide bonds. The highest BCUT2D eigenvalue weighted by atomic mass is 35.5. The summed E-state index contributed by atoms with van der Waals surface area (Å²) in [7, 11) is 0. The number of benzene rings is 1. The van der Waals surface area contributed by atoms with Gasteiger partial charge in [0.1, 0.15) is 0 Å². The summed E-state index contributed by atoms with van der Waals surface area (Å²) >= 11 is 6.37. The number of halogens is 1. The van der Waals surface area contributed by atoms with Gasteiger partial charge < -0.3 is 4.57 Å². The first-order valence-corrected chi connectivity index (χ1v) is 7.32. The third-order valence-electron chi connectivity index (χ3n) is 3.90. The van der Waals surface area contributed by atoms with E-state index in [0.29, 0.717) is 0 Å². The number of nitrogens with zero attached hydrogens (tertiary/aromatic N) is 2. The summed E-state index contributed by atoms with van der Waals surface area (Å²) < 4.78 is 2.19. The second-order valence-electron chi connectivity index (χ2n) is 5.11. The lowest BCUT2D eigenvalue weighted by atomic mass is 10.1. The molecule has 3 nitrogen and oxygen atoms in total. The minimum atomic E-state index is 0.0599. The Morgan fingerprint density at radius 3 is 2.90 bits per heavy atom. The number of nitrogens with one attached hydrogen (secondary N) is 1. The van der Waals surface area contributed by atoms with Crippen molar-refractivity contribution in [2.45, 2.75) is 12.6 Å². The van der Waals surface area contributed by atoms with Crippen LogP contribution in [0.2, 0.25) is 5.02 Å². The third-order valence-corrected chi connectivity index (χ3v) is 4.25. The van der Waals surface area contributed by atoms with Crippen LogP contribution in [-0.2, 0) is 6.54 Å². The fourth-order valence-electron chi connectivity index (χ4n) is 2.91. The maximum absolute atomic E-state index is 6.37. The molecule has 0 aliphatic carbocycles. The van der Waals surface area contributed by atoms with Crippen LogP contribution in [0.15, 0.2) is 60.9 Å². The SMILES string of the molecule is Clc1cccc2c1CNC(c1ccccn1)c1cccn1-2. The molecule has 3 heterocycles. The van der Waals surface area contributed by atoms with Gasteiger partial charge in [-0.2, -0.15) is 0 Å². The van der Waals surface area contributed by atoms with E-state index in [2.05, 4.69) is 39.3 Å². The van der Waals surface area contributed by atoms with Crippen molar-refractivity contribution in [1.29, 1.82) is 0 Å². The van der Waals surface area contributed by atoms with Gasteiger partial charge in [0.15, 0.2) is 0 Å². The van der Waals surface area contributed by atoms with E-state index in [9.17, 15) is 0 Å². The van der Waals surface area contributed by atoms with Gasteiger partial charge in [-0.25, -0.2) is 0 Å². The van der Waals surface area contributed by atoms with Crippen molar-refractivity contribution in [3.05, 3.63) is 82.9 Å². The molecule has 1 aromatic carbocycles. The van der Waals surface area contributed by atoms with Crippen molar-refractivity contribution >= 4 is 11.6 Å². The maximum Gasteiger partial charge on any atom is 0.0911 e. The van der Waals surface area contributed by atoms with Crippen LogP contribution in [0.5, 0.6) is 0 Å². The fraction of sp³-hybridized carbons (Fsp3) is 0.118. The van der Waals surface area contributed by atoms with Crippen molar-refractivity contribution < 1.29 is 0 Å². The highest BCUT2D eigenvalue weighted by Gasteiger charge is 2.24. The summed E-state index contributed by atoms with van der Waals surface area (Å²) in [6.07, 6.45) is 3.91. The normalized spacial score (nSPS) is 16.9. The van der Waals surface area contributed by atoms with Gasteiger partial charge >= 0.3 is 0 Å². The zero-order valence-electron chi connectivity index (χ0n) is 11.3. The minimum absolute atomic E-state index is 0.0599. The Hall–Kier alpha value is -2.10. The summed E-state index contributed by atoms with van der Waals surface area (Å²) in [5.41, 5.74) is 4.44. The molecule has 21 heavy (non-hydrogen) atoms. The third kappa shape index (κ3) is 2.06.